The quantitative estimate of drug-likeness (QED) is 0.800. The molecule has 100 valence electrons. The Balaban J connectivity index is 0.00000162. The molecule has 6 heteroatoms. The molecule has 1 aliphatic rings. The Morgan fingerprint density at radius 1 is 1.33 bits per heavy atom. The van der Waals surface area contributed by atoms with Gasteiger partial charge >= 0.3 is 0 Å². The summed E-state index contributed by atoms with van der Waals surface area (Å²) in [7, 11) is 0. The molecule has 1 unspecified atom stereocenters. The standard InChI is InChI=1S/C12H16N2O3.ClH/c13-10-3-1-9(2-4-10)12(15)14-7-11-8-16-5-6-17-11;/h1-4,11H,5-8,13H2,(H,14,15);1H. The Morgan fingerprint density at radius 3 is 2.67 bits per heavy atom. The third-order valence-corrected chi connectivity index (χ3v) is 2.55. The van der Waals surface area contributed by atoms with Crippen molar-refractivity contribution < 1.29 is 14.3 Å². The Morgan fingerprint density at radius 2 is 2.06 bits per heavy atom. The van der Waals surface area contributed by atoms with Gasteiger partial charge in [-0.25, -0.2) is 0 Å². The molecule has 0 spiro atoms. The minimum Gasteiger partial charge on any atom is -0.399 e. The number of anilines is 1. The molecule has 1 amide bonds. The summed E-state index contributed by atoms with van der Waals surface area (Å²) in [4.78, 5) is 11.8. The summed E-state index contributed by atoms with van der Waals surface area (Å²) in [6.45, 7) is 2.20. The van der Waals surface area contributed by atoms with E-state index in [1.165, 1.54) is 0 Å². The van der Waals surface area contributed by atoms with E-state index in [0.29, 0.717) is 37.6 Å². The van der Waals surface area contributed by atoms with E-state index in [1.54, 1.807) is 24.3 Å². The van der Waals surface area contributed by atoms with Crippen LogP contribution in [0.4, 0.5) is 5.69 Å². The van der Waals surface area contributed by atoms with Crippen molar-refractivity contribution in [3.63, 3.8) is 0 Å². The third-order valence-electron chi connectivity index (χ3n) is 2.55. The van der Waals surface area contributed by atoms with Gasteiger partial charge < -0.3 is 20.5 Å². The molecule has 0 aromatic heterocycles. The number of ether oxygens (including phenoxy) is 2. The lowest BCUT2D eigenvalue weighted by atomic mass is 10.2. The van der Waals surface area contributed by atoms with Crippen LogP contribution in [0, 0.1) is 0 Å². The normalized spacial score (nSPS) is 18.8. The number of halogens is 1. The summed E-state index contributed by atoms with van der Waals surface area (Å²) >= 11 is 0. The van der Waals surface area contributed by atoms with Crippen molar-refractivity contribution in [1.82, 2.24) is 5.32 Å². The predicted octanol–water partition coefficient (Wildman–Crippen LogP) is 0.836. The van der Waals surface area contributed by atoms with E-state index in [9.17, 15) is 4.79 Å². The molecule has 0 aliphatic carbocycles. The third kappa shape index (κ3) is 4.18. The average Bonchev–Trinajstić information content (AvgIpc) is 2.38. The van der Waals surface area contributed by atoms with Crippen molar-refractivity contribution in [2.24, 2.45) is 0 Å². The first-order valence-corrected chi connectivity index (χ1v) is 5.59. The molecule has 0 radical (unpaired) electrons. The van der Waals surface area contributed by atoms with Gasteiger partial charge in [0.05, 0.1) is 25.9 Å². The van der Waals surface area contributed by atoms with Gasteiger partial charge in [0.1, 0.15) is 0 Å². The van der Waals surface area contributed by atoms with Gasteiger partial charge in [-0.2, -0.15) is 0 Å². The van der Waals surface area contributed by atoms with Crippen molar-refractivity contribution in [1.29, 1.82) is 0 Å². The van der Waals surface area contributed by atoms with Crippen LogP contribution in [0.1, 0.15) is 10.4 Å². The Bertz CT molecular complexity index is 377. The lowest BCUT2D eigenvalue weighted by Gasteiger charge is -2.23. The summed E-state index contributed by atoms with van der Waals surface area (Å²) < 4.78 is 10.7. The fourth-order valence-electron chi connectivity index (χ4n) is 1.60. The van der Waals surface area contributed by atoms with Crippen LogP contribution in [0.25, 0.3) is 0 Å². The molecule has 1 aliphatic heterocycles. The highest BCUT2D eigenvalue weighted by molar-refractivity contribution is 5.94. The highest BCUT2D eigenvalue weighted by Crippen LogP contribution is 2.05. The summed E-state index contributed by atoms with van der Waals surface area (Å²) in [6, 6.07) is 6.80. The summed E-state index contributed by atoms with van der Waals surface area (Å²) in [5, 5.41) is 2.80. The van der Waals surface area contributed by atoms with Gasteiger partial charge in [0.2, 0.25) is 0 Å². The molecule has 2 rings (SSSR count). The van der Waals surface area contributed by atoms with Crippen molar-refractivity contribution >= 4 is 24.0 Å². The molecule has 18 heavy (non-hydrogen) atoms. The molecule has 5 nitrogen and oxygen atoms in total. The SMILES string of the molecule is Cl.Nc1ccc(C(=O)NCC2COCCO2)cc1. The van der Waals surface area contributed by atoms with Crippen LogP contribution in [0.2, 0.25) is 0 Å². The van der Waals surface area contributed by atoms with Gasteiger partial charge in [0, 0.05) is 17.8 Å². The van der Waals surface area contributed by atoms with E-state index < -0.39 is 0 Å². The second-order valence-electron chi connectivity index (χ2n) is 3.90. The number of hydrogen-bond donors (Lipinski definition) is 2. The van der Waals surface area contributed by atoms with Crippen LogP contribution >= 0.6 is 12.4 Å². The molecular weight excluding hydrogens is 256 g/mol. The monoisotopic (exact) mass is 272 g/mol. The topological polar surface area (TPSA) is 73.6 Å². The maximum atomic E-state index is 11.8. The summed E-state index contributed by atoms with van der Waals surface area (Å²) in [5.74, 6) is -0.126. The van der Waals surface area contributed by atoms with E-state index in [2.05, 4.69) is 5.32 Å². The number of nitrogen functional groups attached to an aromatic ring is 1. The van der Waals surface area contributed by atoms with Crippen molar-refractivity contribution in [2.75, 3.05) is 32.1 Å². The molecule has 1 aromatic carbocycles. The van der Waals surface area contributed by atoms with Crippen molar-refractivity contribution in [2.45, 2.75) is 6.10 Å². The Kier molecular flexibility index (Phi) is 5.91. The number of rotatable bonds is 3. The number of nitrogens with two attached hydrogens (primary N) is 1. The molecule has 1 heterocycles. The van der Waals surface area contributed by atoms with Crippen LogP contribution in [0.15, 0.2) is 24.3 Å². The maximum absolute atomic E-state index is 11.8. The van der Waals surface area contributed by atoms with Gasteiger partial charge in [-0.15, -0.1) is 12.4 Å². The molecule has 0 saturated carbocycles. The van der Waals surface area contributed by atoms with Crippen LogP contribution in [-0.4, -0.2) is 38.4 Å². The maximum Gasteiger partial charge on any atom is 0.251 e. The van der Waals surface area contributed by atoms with Crippen LogP contribution in [0.5, 0.6) is 0 Å². The molecule has 0 bridgehead atoms. The lowest BCUT2D eigenvalue weighted by molar-refractivity contribution is -0.0855. The summed E-state index contributed by atoms with van der Waals surface area (Å²) in [5.41, 5.74) is 6.79. The zero-order chi connectivity index (χ0) is 12.1. The largest absolute Gasteiger partial charge is 0.399 e. The zero-order valence-corrected chi connectivity index (χ0v) is 10.7. The van der Waals surface area contributed by atoms with Crippen LogP contribution in [-0.2, 0) is 9.47 Å². The van der Waals surface area contributed by atoms with Gasteiger partial charge in [0.15, 0.2) is 0 Å². The van der Waals surface area contributed by atoms with Gasteiger partial charge in [0.25, 0.3) is 5.91 Å². The number of carbonyl (C=O) groups is 1. The molecule has 3 N–H and O–H groups in total. The van der Waals surface area contributed by atoms with Gasteiger partial charge in [-0.05, 0) is 24.3 Å². The number of amides is 1. The van der Waals surface area contributed by atoms with Crippen molar-refractivity contribution in [3.05, 3.63) is 29.8 Å². The predicted molar refractivity (Wildman–Crippen MR) is 71.0 cm³/mol. The summed E-state index contributed by atoms with van der Waals surface area (Å²) in [6.07, 6.45) is -0.0542. The first kappa shape index (κ1) is 14.8. The van der Waals surface area contributed by atoms with E-state index in [1.807, 2.05) is 0 Å². The van der Waals surface area contributed by atoms with Crippen LogP contribution < -0.4 is 11.1 Å². The Hall–Kier alpha value is -1.30. The minimum absolute atomic E-state index is 0. The first-order valence-electron chi connectivity index (χ1n) is 5.59. The van der Waals surface area contributed by atoms with Crippen LogP contribution in [0.3, 0.4) is 0 Å². The number of nitrogens with one attached hydrogen (secondary N) is 1. The number of benzene rings is 1. The number of hydrogen-bond acceptors (Lipinski definition) is 4. The van der Waals surface area contributed by atoms with Gasteiger partial charge in [-0.3, -0.25) is 4.79 Å². The average molecular weight is 273 g/mol. The Labute approximate surface area is 112 Å². The number of carbonyl (C=O) groups excluding carboxylic acids is 1. The molecular formula is C12H17ClN2O3. The van der Waals surface area contributed by atoms with Crippen molar-refractivity contribution in [3.8, 4) is 0 Å². The highest BCUT2D eigenvalue weighted by atomic mass is 35.5. The second kappa shape index (κ2) is 7.20. The first-order chi connectivity index (χ1) is 8.25. The fraction of sp³-hybridized carbons (Fsp3) is 0.417. The molecule has 1 fully saturated rings. The van der Waals surface area contributed by atoms with E-state index in [0.717, 1.165) is 0 Å². The van der Waals surface area contributed by atoms with Gasteiger partial charge in [-0.1, -0.05) is 0 Å². The smallest absolute Gasteiger partial charge is 0.251 e. The highest BCUT2D eigenvalue weighted by Gasteiger charge is 2.15. The second-order valence-corrected chi connectivity index (χ2v) is 3.90. The fourth-order valence-corrected chi connectivity index (χ4v) is 1.60. The zero-order valence-electron chi connectivity index (χ0n) is 9.93. The van der Waals surface area contributed by atoms with E-state index in [-0.39, 0.29) is 24.4 Å². The molecule has 1 saturated heterocycles. The lowest BCUT2D eigenvalue weighted by Crippen LogP contribution is -2.39. The van der Waals surface area contributed by atoms with E-state index >= 15 is 0 Å². The van der Waals surface area contributed by atoms with E-state index in [4.69, 9.17) is 15.2 Å². The molecule has 1 atom stereocenters. The minimum atomic E-state index is -0.126. The molecule has 1 aromatic rings.